The molecule has 2 heteroatoms. The second-order valence-electron chi connectivity index (χ2n) is 13.7. The summed E-state index contributed by atoms with van der Waals surface area (Å²) in [5, 5.41) is 15.3. The number of fused-ring (bicyclic) bond motifs is 4. The van der Waals surface area contributed by atoms with Crippen molar-refractivity contribution in [3.63, 3.8) is 0 Å². The van der Waals surface area contributed by atoms with Crippen LogP contribution in [0.15, 0.2) is 91.0 Å². The first-order chi connectivity index (χ1) is 19.2. The van der Waals surface area contributed by atoms with Crippen molar-refractivity contribution in [3.05, 3.63) is 119 Å². The van der Waals surface area contributed by atoms with Crippen LogP contribution in [0.25, 0.3) is 0 Å². The summed E-state index contributed by atoms with van der Waals surface area (Å²) in [5.41, 5.74) is 7.60. The molecule has 0 heterocycles. The van der Waals surface area contributed by atoms with E-state index < -0.39 is 7.26 Å². The standard InChI is InChI=1S/C38H41OP/c1-26-27(2)34(39)28(3)32-21-22-38(23-33(26)32)35-36(4,24-37(35,38)5)25-40(29-15-9-6-10-16-29,30-17-11-7-12-18-30)31-19-13-8-14-20-31/h6-20,35H,21-25H2,1-5H3/p+1. The fourth-order valence-electron chi connectivity index (χ4n) is 10.2. The predicted molar refractivity (Wildman–Crippen MR) is 171 cm³/mol. The van der Waals surface area contributed by atoms with Gasteiger partial charge in [0.25, 0.3) is 0 Å². The van der Waals surface area contributed by atoms with Crippen LogP contribution in [0.3, 0.4) is 0 Å². The molecule has 3 aliphatic carbocycles. The summed E-state index contributed by atoms with van der Waals surface area (Å²) < 4.78 is 0. The summed E-state index contributed by atoms with van der Waals surface area (Å²) in [4.78, 5) is 0. The summed E-state index contributed by atoms with van der Waals surface area (Å²) >= 11 is 0. The summed E-state index contributed by atoms with van der Waals surface area (Å²) in [6, 6.07) is 34.3. The van der Waals surface area contributed by atoms with E-state index in [1.54, 1.807) is 5.56 Å². The van der Waals surface area contributed by atoms with Gasteiger partial charge >= 0.3 is 0 Å². The molecule has 7 rings (SSSR count). The van der Waals surface area contributed by atoms with Gasteiger partial charge in [-0.3, -0.25) is 0 Å². The van der Waals surface area contributed by atoms with Crippen molar-refractivity contribution in [1.82, 2.24) is 0 Å². The van der Waals surface area contributed by atoms with Crippen molar-refractivity contribution in [1.29, 1.82) is 0 Å². The third-order valence-electron chi connectivity index (χ3n) is 11.8. The zero-order chi connectivity index (χ0) is 27.9. The van der Waals surface area contributed by atoms with Crippen LogP contribution < -0.4 is 15.9 Å². The van der Waals surface area contributed by atoms with Crippen LogP contribution >= 0.6 is 7.26 Å². The van der Waals surface area contributed by atoms with E-state index in [1.807, 2.05) is 0 Å². The van der Waals surface area contributed by atoms with Crippen LogP contribution in [-0.2, 0) is 12.8 Å². The van der Waals surface area contributed by atoms with Gasteiger partial charge < -0.3 is 5.11 Å². The topological polar surface area (TPSA) is 20.2 Å². The maximum Gasteiger partial charge on any atom is 0.121 e. The fraction of sp³-hybridized carbons (Fsp3) is 0.368. The number of aromatic hydroxyl groups is 1. The Morgan fingerprint density at radius 2 is 1.20 bits per heavy atom. The van der Waals surface area contributed by atoms with E-state index in [-0.39, 0.29) is 5.41 Å². The van der Waals surface area contributed by atoms with Crippen molar-refractivity contribution < 1.29 is 5.11 Å². The van der Waals surface area contributed by atoms with Gasteiger partial charge in [-0.1, -0.05) is 68.4 Å². The highest BCUT2D eigenvalue weighted by Crippen LogP contribution is 2.91. The van der Waals surface area contributed by atoms with Crippen molar-refractivity contribution in [2.75, 3.05) is 6.16 Å². The van der Waals surface area contributed by atoms with Crippen molar-refractivity contribution in [2.24, 2.45) is 22.2 Å². The minimum Gasteiger partial charge on any atom is -0.507 e. The molecule has 0 saturated heterocycles. The molecule has 4 unspecified atom stereocenters. The first-order valence-electron chi connectivity index (χ1n) is 15.0. The predicted octanol–water partition coefficient (Wildman–Crippen LogP) is 7.83. The molecule has 1 N–H and O–H groups in total. The molecule has 2 saturated carbocycles. The Bertz CT molecular complexity index is 1500. The summed E-state index contributed by atoms with van der Waals surface area (Å²) in [7, 11) is -1.88. The molecule has 4 aromatic carbocycles. The molecule has 0 aromatic heterocycles. The van der Waals surface area contributed by atoms with Crippen molar-refractivity contribution >= 4 is 23.2 Å². The Morgan fingerprint density at radius 1 is 0.700 bits per heavy atom. The van der Waals surface area contributed by atoms with Gasteiger partial charge in [-0.25, -0.2) is 0 Å². The molecule has 0 amide bonds. The molecular formula is C38H42OP+. The van der Waals surface area contributed by atoms with Crippen LogP contribution in [0, 0.1) is 42.9 Å². The lowest BCUT2D eigenvalue weighted by Gasteiger charge is -2.45. The van der Waals surface area contributed by atoms with E-state index in [9.17, 15) is 5.11 Å². The molecule has 204 valence electrons. The van der Waals surface area contributed by atoms with Crippen LogP contribution in [0.1, 0.15) is 54.5 Å². The number of hydrogen-bond donors (Lipinski definition) is 1. The first kappa shape index (κ1) is 26.0. The zero-order valence-corrected chi connectivity index (χ0v) is 25.6. The van der Waals surface area contributed by atoms with Crippen molar-refractivity contribution in [2.45, 2.75) is 60.3 Å². The number of benzene rings is 4. The monoisotopic (exact) mass is 545 g/mol. The normalized spacial score (nSPS) is 28.5. The van der Waals surface area contributed by atoms with Gasteiger partial charge in [-0.05, 0) is 127 Å². The highest BCUT2D eigenvalue weighted by molar-refractivity contribution is 7.95. The lowest BCUT2D eigenvalue weighted by molar-refractivity contribution is 0.103. The summed E-state index contributed by atoms with van der Waals surface area (Å²) in [5.74, 6) is 1.26. The number of rotatable bonds is 5. The van der Waals surface area contributed by atoms with Gasteiger partial charge in [0, 0.05) is 5.41 Å². The van der Waals surface area contributed by atoms with E-state index in [2.05, 4.69) is 126 Å². The molecule has 4 atom stereocenters. The number of phenolic OH excluding ortho intramolecular Hbond substituents is 1. The second-order valence-corrected chi connectivity index (χ2v) is 17.2. The Labute approximate surface area is 241 Å². The zero-order valence-electron chi connectivity index (χ0n) is 24.7. The van der Waals surface area contributed by atoms with Crippen LogP contribution in [-0.4, -0.2) is 11.3 Å². The van der Waals surface area contributed by atoms with Gasteiger partial charge in [0.15, 0.2) is 0 Å². The van der Waals surface area contributed by atoms with Crippen LogP contribution in [0.4, 0.5) is 0 Å². The Kier molecular flexibility index (Phi) is 5.73. The third-order valence-corrected chi connectivity index (χ3v) is 16.5. The smallest absolute Gasteiger partial charge is 0.121 e. The average molecular weight is 546 g/mol. The lowest BCUT2D eigenvalue weighted by atomic mass is 9.65. The van der Waals surface area contributed by atoms with Crippen LogP contribution in [0.5, 0.6) is 5.75 Å². The number of phenols is 1. The van der Waals surface area contributed by atoms with Crippen LogP contribution in [0.2, 0.25) is 0 Å². The Morgan fingerprint density at radius 3 is 1.70 bits per heavy atom. The Hall–Kier alpha value is -2.89. The van der Waals surface area contributed by atoms with Gasteiger partial charge in [0.2, 0.25) is 0 Å². The maximum absolute atomic E-state index is 10.8. The van der Waals surface area contributed by atoms with Gasteiger partial charge in [-0.15, -0.1) is 0 Å². The second kappa shape index (κ2) is 8.80. The maximum atomic E-state index is 10.8. The lowest BCUT2D eigenvalue weighted by Crippen LogP contribution is -2.45. The molecule has 1 spiro atoms. The summed E-state index contributed by atoms with van der Waals surface area (Å²) in [6.45, 7) is 11.7. The van der Waals surface area contributed by atoms with Gasteiger partial charge in [0.1, 0.15) is 28.9 Å². The summed E-state index contributed by atoms with van der Waals surface area (Å²) in [6.07, 6.45) is 6.07. The van der Waals surface area contributed by atoms with E-state index in [4.69, 9.17) is 0 Å². The average Bonchev–Trinajstić information content (AvgIpc) is 3.43. The first-order valence-corrected chi connectivity index (χ1v) is 17.0. The highest BCUT2D eigenvalue weighted by atomic mass is 31.2. The van der Waals surface area contributed by atoms with Gasteiger partial charge in [0.05, 0.1) is 6.16 Å². The molecule has 0 aliphatic heterocycles. The minimum absolute atomic E-state index is 0.288. The third kappa shape index (κ3) is 3.31. The molecule has 3 aliphatic rings. The molecule has 0 radical (unpaired) electrons. The van der Waals surface area contributed by atoms with E-state index in [1.165, 1.54) is 52.5 Å². The van der Waals surface area contributed by atoms with Gasteiger partial charge in [-0.2, -0.15) is 0 Å². The van der Waals surface area contributed by atoms with E-state index >= 15 is 0 Å². The number of hydrogen-bond acceptors (Lipinski definition) is 1. The molecule has 40 heavy (non-hydrogen) atoms. The fourth-order valence-corrected chi connectivity index (χ4v) is 15.0. The van der Waals surface area contributed by atoms with Crippen molar-refractivity contribution in [3.8, 4) is 5.75 Å². The highest BCUT2D eigenvalue weighted by Gasteiger charge is 2.86. The molecule has 4 aromatic rings. The minimum atomic E-state index is -1.88. The molecule has 1 nitrogen and oxygen atoms in total. The largest absolute Gasteiger partial charge is 0.507 e. The molecule has 2 fully saturated rings. The van der Waals surface area contributed by atoms with E-state index in [0.29, 0.717) is 16.6 Å². The molecule has 0 bridgehead atoms. The SMILES string of the molecule is Cc1c(C)c2c(c(C)c1O)CCC1(C2)C2C(C)(C[P+](c3ccccc3)(c3ccccc3)c3ccccc3)CC21C. The molecular weight excluding hydrogens is 503 g/mol. The Balaban J connectivity index is 1.34. The van der Waals surface area contributed by atoms with E-state index in [0.717, 1.165) is 23.5 Å². The quantitative estimate of drug-likeness (QED) is 0.253.